The van der Waals surface area contributed by atoms with Crippen molar-refractivity contribution in [3.63, 3.8) is 0 Å². The minimum Gasteiger partial charge on any atom is -0.479 e. The first kappa shape index (κ1) is 28.9. The third-order valence-corrected chi connectivity index (χ3v) is 7.14. The second-order valence-electron chi connectivity index (χ2n) is 10.2. The molecule has 2 aliphatic rings. The van der Waals surface area contributed by atoms with Gasteiger partial charge >= 0.3 is 18.0 Å². The number of ether oxygens (including phenoxy) is 1. The largest absolute Gasteiger partial charge is 0.479 e. The highest BCUT2D eigenvalue weighted by molar-refractivity contribution is 5.86. The first-order chi connectivity index (χ1) is 17.8. The van der Waals surface area contributed by atoms with Crippen LogP contribution in [0.1, 0.15) is 44.2 Å². The number of hydrogen-bond acceptors (Lipinski definition) is 8. The number of nitrogens with one attached hydrogen (secondary N) is 1. The van der Waals surface area contributed by atoms with E-state index < -0.39 is 30.2 Å². The Morgan fingerprint density at radius 2 is 1.58 bits per heavy atom. The number of carboxylic acids is 2. The second kappa shape index (κ2) is 11.4. The van der Waals surface area contributed by atoms with Crippen molar-refractivity contribution in [2.75, 3.05) is 30.9 Å². The average molecular weight is 530 g/mol. The summed E-state index contributed by atoms with van der Waals surface area (Å²) in [5, 5.41) is 35.3. The van der Waals surface area contributed by atoms with Crippen LogP contribution in [0.2, 0.25) is 0 Å². The molecule has 1 saturated heterocycles. The molecule has 2 heterocycles. The predicted molar refractivity (Wildman–Crippen MR) is 141 cm³/mol. The quantitative estimate of drug-likeness (QED) is 0.376. The highest BCUT2D eigenvalue weighted by atomic mass is 16.6. The number of carboxylic acid groups (broad SMARTS) is 2. The van der Waals surface area contributed by atoms with Gasteiger partial charge in [-0.05, 0) is 60.8 Å². The molecule has 2 aromatic rings. The van der Waals surface area contributed by atoms with Crippen molar-refractivity contribution >= 4 is 29.4 Å². The van der Waals surface area contributed by atoms with Crippen LogP contribution in [0, 0.1) is 0 Å². The number of fused-ring (bicyclic) bond motifs is 3. The maximum Gasteiger partial charge on any atom is 0.417 e. The zero-order valence-corrected chi connectivity index (χ0v) is 22.1. The van der Waals surface area contributed by atoms with E-state index in [0.717, 1.165) is 18.7 Å². The molecule has 4 atom stereocenters. The summed E-state index contributed by atoms with van der Waals surface area (Å²) in [6.07, 6.45) is -3.54. The standard InChI is InChI=1S/C23H29N3O2.C4H6O6/c1-15(2)16-6-8-17(9-7-16)24-22(27)28-18-10-11-20-19(14-18)23(3)12-13-25(4)21(23)26(20)5;5-1(3(7)8)2(6)4(9)10/h6-11,14-15,21H,12-13H2,1-5H3,(H,24,27);1-2,5-6H,(H,7,8)(H,9,10)/t21-,23+;1-,2-/m11/s1. The number of aliphatic carboxylic acids is 2. The number of carbonyl (C=O) groups is 3. The van der Waals surface area contributed by atoms with Crippen LogP contribution in [0.4, 0.5) is 16.2 Å². The summed E-state index contributed by atoms with van der Waals surface area (Å²) in [7, 11) is 4.32. The molecule has 2 aliphatic heterocycles. The monoisotopic (exact) mass is 529 g/mol. The van der Waals surface area contributed by atoms with Gasteiger partial charge in [-0.25, -0.2) is 14.4 Å². The molecule has 0 saturated carbocycles. The van der Waals surface area contributed by atoms with Gasteiger partial charge in [0.05, 0.1) is 6.17 Å². The number of nitrogens with zero attached hydrogens (tertiary/aromatic N) is 2. The number of aliphatic hydroxyl groups is 2. The van der Waals surface area contributed by atoms with Crippen molar-refractivity contribution in [2.24, 2.45) is 0 Å². The van der Waals surface area contributed by atoms with Crippen molar-refractivity contribution in [1.29, 1.82) is 0 Å². The topological polar surface area (TPSA) is 160 Å². The number of likely N-dealkylation sites (tertiary alicyclic amines) is 1. The van der Waals surface area contributed by atoms with E-state index in [2.05, 4.69) is 56.0 Å². The normalized spacial score (nSPS) is 21.6. The van der Waals surface area contributed by atoms with Crippen LogP contribution in [0.5, 0.6) is 5.75 Å². The lowest BCUT2D eigenvalue weighted by Gasteiger charge is -2.32. The van der Waals surface area contributed by atoms with Gasteiger partial charge in [-0.2, -0.15) is 0 Å². The summed E-state index contributed by atoms with van der Waals surface area (Å²) in [4.78, 5) is 36.6. The Morgan fingerprint density at radius 1 is 1.00 bits per heavy atom. The molecule has 206 valence electrons. The van der Waals surface area contributed by atoms with Gasteiger partial charge in [0.25, 0.3) is 0 Å². The lowest BCUT2D eigenvalue weighted by molar-refractivity contribution is -0.165. The van der Waals surface area contributed by atoms with Crippen LogP contribution in [0.3, 0.4) is 0 Å². The zero-order chi connectivity index (χ0) is 28.4. The Labute approximate surface area is 221 Å². The zero-order valence-electron chi connectivity index (χ0n) is 22.1. The lowest BCUT2D eigenvalue weighted by atomic mass is 9.81. The molecule has 0 unspecified atom stereocenters. The summed E-state index contributed by atoms with van der Waals surface area (Å²) in [6, 6.07) is 13.9. The second-order valence-corrected chi connectivity index (χ2v) is 10.2. The maximum atomic E-state index is 12.4. The minimum atomic E-state index is -2.27. The number of rotatable bonds is 6. The van der Waals surface area contributed by atoms with E-state index in [4.69, 9.17) is 25.2 Å². The summed E-state index contributed by atoms with van der Waals surface area (Å²) >= 11 is 0. The molecule has 1 amide bonds. The Hall–Kier alpha value is -3.67. The van der Waals surface area contributed by atoms with Crippen LogP contribution in [-0.4, -0.2) is 82.4 Å². The molecule has 5 N–H and O–H groups in total. The maximum absolute atomic E-state index is 12.4. The van der Waals surface area contributed by atoms with Gasteiger partial charge in [0.1, 0.15) is 5.75 Å². The fraction of sp³-hybridized carbons (Fsp3) is 0.444. The summed E-state index contributed by atoms with van der Waals surface area (Å²) in [6.45, 7) is 7.68. The Kier molecular flexibility index (Phi) is 8.65. The van der Waals surface area contributed by atoms with Gasteiger partial charge in [0, 0.05) is 30.4 Å². The Morgan fingerprint density at radius 3 is 2.11 bits per heavy atom. The number of benzene rings is 2. The van der Waals surface area contributed by atoms with Crippen molar-refractivity contribution in [3.05, 3.63) is 53.6 Å². The smallest absolute Gasteiger partial charge is 0.417 e. The van der Waals surface area contributed by atoms with Gasteiger partial charge in [-0.3, -0.25) is 10.2 Å². The number of amides is 1. The van der Waals surface area contributed by atoms with Crippen molar-refractivity contribution in [3.8, 4) is 5.75 Å². The Balaban J connectivity index is 0.000000342. The molecule has 11 nitrogen and oxygen atoms in total. The first-order valence-corrected chi connectivity index (χ1v) is 12.2. The molecule has 1 fully saturated rings. The lowest BCUT2D eigenvalue weighted by Crippen LogP contribution is -2.45. The molecule has 0 bridgehead atoms. The molecular weight excluding hydrogens is 494 g/mol. The van der Waals surface area contributed by atoms with E-state index in [0.29, 0.717) is 17.8 Å². The van der Waals surface area contributed by atoms with E-state index in [1.807, 2.05) is 36.4 Å². The third-order valence-electron chi connectivity index (χ3n) is 7.14. The van der Waals surface area contributed by atoms with Gasteiger partial charge in [-0.15, -0.1) is 0 Å². The van der Waals surface area contributed by atoms with Crippen molar-refractivity contribution in [2.45, 2.75) is 56.9 Å². The molecule has 0 radical (unpaired) electrons. The number of carbonyl (C=O) groups excluding carboxylic acids is 1. The molecule has 38 heavy (non-hydrogen) atoms. The van der Waals surface area contributed by atoms with Gasteiger partial charge in [0.15, 0.2) is 12.2 Å². The van der Waals surface area contributed by atoms with E-state index in [9.17, 15) is 14.4 Å². The van der Waals surface area contributed by atoms with Gasteiger partial charge < -0.3 is 30.1 Å². The van der Waals surface area contributed by atoms with Crippen LogP contribution >= 0.6 is 0 Å². The highest BCUT2D eigenvalue weighted by Gasteiger charge is 2.52. The summed E-state index contributed by atoms with van der Waals surface area (Å²) in [5.74, 6) is -2.49. The van der Waals surface area contributed by atoms with Gasteiger partial charge in [-0.1, -0.05) is 32.9 Å². The fourth-order valence-corrected chi connectivity index (χ4v) is 5.09. The van der Waals surface area contributed by atoms with Crippen LogP contribution in [0.25, 0.3) is 0 Å². The molecule has 4 rings (SSSR count). The Bertz CT molecular complexity index is 1170. The molecule has 0 aliphatic carbocycles. The van der Waals surface area contributed by atoms with Crippen molar-refractivity contribution < 1.29 is 39.5 Å². The van der Waals surface area contributed by atoms with Crippen molar-refractivity contribution in [1.82, 2.24) is 4.90 Å². The van der Waals surface area contributed by atoms with Gasteiger partial charge in [0.2, 0.25) is 0 Å². The number of aliphatic hydroxyl groups excluding tert-OH is 2. The third kappa shape index (κ3) is 5.90. The predicted octanol–water partition coefficient (Wildman–Crippen LogP) is 2.67. The fourth-order valence-electron chi connectivity index (χ4n) is 5.09. The van der Waals surface area contributed by atoms with E-state index in [1.165, 1.54) is 16.8 Å². The molecule has 0 aromatic heterocycles. The molecule has 11 heteroatoms. The highest BCUT2D eigenvalue weighted by Crippen LogP contribution is 2.51. The SMILES string of the molecule is CC(C)c1ccc(NC(=O)Oc2ccc3c(c2)[C@]2(C)CCN(C)[C@@H]2N3C)cc1.O=C(O)[C@H](O)[C@@H](O)C(=O)O. The first-order valence-electron chi connectivity index (χ1n) is 12.2. The van der Waals surface area contributed by atoms with E-state index in [-0.39, 0.29) is 5.41 Å². The minimum absolute atomic E-state index is 0.0569. The van der Waals surface area contributed by atoms with Crippen LogP contribution in [-0.2, 0) is 15.0 Å². The summed E-state index contributed by atoms with van der Waals surface area (Å²) < 4.78 is 5.59. The molecule has 2 aromatic carbocycles. The van der Waals surface area contributed by atoms with E-state index in [1.54, 1.807) is 0 Å². The average Bonchev–Trinajstić information content (AvgIpc) is 3.28. The number of anilines is 2. The molecular formula is C27H35N3O8. The van der Waals surface area contributed by atoms with Crippen LogP contribution < -0.4 is 15.0 Å². The van der Waals surface area contributed by atoms with Crippen LogP contribution in [0.15, 0.2) is 42.5 Å². The number of likely N-dealkylation sites (N-methyl/N-ethyl adjacent to an activating group) is 2. The summed E-state index contributed by atoms with van der Waals surface area (Å²) in [5.41, 5.74) is 4.51. The number of hydrogen-bond donors (Lipinski definition) is 5. The van der Waals surface area contributed by atoms with E-state index >= 15 is 0 Å². The molecule has 0 spiro atoms.